The van der Waals surface area contributed by atoms with E-state index in [4.69, 9.17) is 21.7 Å². The van der Waals surface area contributed by atoms with Crippen LogP contribution in [0.1, 0.15) is 31.9 Å². The van der Waals surface area contributed by atoms with Gasteiger partial charge in [0.25, 0.3) is 0 Å². The van der Waals surface area contributed by atoms with Gasteiger partial charge in [-0.15, -0.1) is 0 Å². The highest BCUT2D eigenvalue weighted by atomic mass is 32.1. The van der Waals surface area contributed by atoms with Gasteiger partial charge in [0, 0.05) is 12.2 Å². The molecule has 0 spiro atoms. The third kappa shape index (κ3) is 4.47. The molecule has 1 aromatic carbocycles. The molecular weight excluding hydrogens is 378 g/mol. The molecule has 0 saturated carbocycles. The van der Waals surface area contributed by atoms with Gasteiger partial charge >= 0.3 is 12.6 Å². The number of alkyl halides is 2. The maximum Gasteiger partial charge on any atom is 0.387 e. The average Bonchev–Trinajstić information content (AvgIpc) is 2.63. The van der Waals surface area contributed by atoms with Crippen LogP contribution in [0, 0.1) is 0 Å². The number of allylic oxidation sites excluding steroid dienone is 1. The van der Waals surface area contributed by atoms with Crippen molar-refractivity contribution < 1.29 is 27.8 Å². The van der Waals surface area contributed by atoms with Gasteiger partial charge in [-0.2, -0.15) is 8.78 Å². The summed E-state index contributed by atoms with van der Waals surface area (Å²) in [6, 6.07) is 3.89. The summed E-state index contributed by atoms with van der Waals surface area (Å²) >= 11 is 5.43. The van der Waals surface area contributed by atoms with Gasteiger partial charge in [-0.05, 0) is 43.3 Å². The Morgan fingerprint density at radius 2 is 2.04 bits per heavy atom. The van der Waals surface area contributed by atoms with Crippen LogP contribution in [0.15, 0.2) is 29.5 Å². The van der Waals surface area contributed by atoms with Gasteiger partial charge in [0.2, 0.25) is 0 Å². The lowest BCUT2D eigenvalue weighted by Crippen LogP contribution is -2.48. The zero-order valence-electron chi connectivity index (χ0n) is 15.5. The molecule has 1 aliphatic rings. The first kappa shape index (κ1) is 20.9. The highest BCUT2D eigenvalue weighted by Gasteiger charge is 2.34. The molecule has 0 fully saturated rings. The predicted molar refractivity (Wildman–Crippen MR) is 99.8 cm³/mol. The van der Waals surface area contributed by atoms with Gasteiger partial charge in [-0.25, -0.2) is 4.79 Å². The third-order valence-electron chi connectivity index (χ3n) is 4.19. The highest BCUT2D eigenvalue weighted by Crippen LogP contribution is 2.36. The van der Waals surface area contributed by atoms with Crippen LogP contribution in [0.5, 0.6) is 11.5 Å². The van der Waals surface area contributed by atoms with Crippen LogP contribution in [0.2, 0.25) is 0 Å². The number of rotatable bonds is 7. The Kier molecular flexibility index (Phi) is 6.95. The van der Waals surface area contributed by atoms with E-state index in [2.05, 4.69) is 10.1 Å². The van der Waals surface area contributed by atoms with E-state index in [-0.39, 0.29) is 11.5 Å². The van der Waals surface area contributed by atoms with Crippen molar-refractivity contribution in [2.75, 3.05) is 20.8 Å². The van der Waals surface area contributed by atoms with Gasteiger partial charge < -0.3 is 24.4 Å². The van der Waals surface area contributed by atoms with Crippen molar-refractivity contribution in [2.24, 2.45) is 0 Å². The highest BCUT2D eigenvalue weighted by molar-refractivity contribution is 7.80. The van der Waals surface area contributed by atoms with Crippen molar-refractivity contribution in [1.82, 2.24) is 10.2 Å². The van der Waals surface area contributed by atoms with E-state index in [0.717, 1.165) is 6.42 Å². The molecule has 1 aliphatic heterocycles. The minimum absolute atomic E-state index is 0.129. The Bertz CT molecular complexity index is 755. The van der Waals surface area contributed by atoms with Gasteiger partial charge in [0.05, 0.1) is 25.8 Å². The molecule has 27 heavy (non-hydrogen) atoms. The quantitative estimate of drug-likeness (QED) is 0.556. The normalized spacial score (nSPS) is 17.1. The number of ether oxygens (including phenoxy) is 3. The fourth-order valence-corrected chi connectivity index (χ4v) is 3.31. The summed E-state index contributed by atoms with van der Waals surface area (Å²) in [7, 11) is 2.64. The van der Waals surface area contributed by atoms with E-state index < -0.39 is 18.6 Å². The molecule has 0 aromatic heterocycles. The molecule has 1 atom stereocenters. The molecule has 0 bridgehead atoms. The van der Waals surface area contributed by atoms with Crippen molar-refractivity contribution in [1.29, 1.82) is 0 Å². The molecule has 2 rings (SSSR count). The van der Waals surface area contributed by atoms with E-state index in [0.29, 0.717) is 28.5 Å². The number of carbonyl (C=O) groups is 1. The van der Waals surface area contributed by atoms with Crippen molar-refractivity contribution in [3.8, 4) is 11.5 Å². The minimum atomic E-state index is -3.01. The predicted octanol–water partition coefficient (Wildman–Crippen LogP) is 3.38. The monoisotopic (exact) mass is 400 g/mol. The number of nitrogens with one attached hydrogen (secondary N) is 1. The number of halogens is 2. The summed E-state index contributed by atoms with van der Waals surface area (Å²) in [5.74, 6) is -0.498. The summed E-state index contributed by atoms with van der Waals surface area (Å²) in [6.45, 7) is 1.40. The molecule has 0 aliphatic carbocycles. The Labute approximate surface area is 162 Å². The first-order valence-electron chi connectivity index (χ1n) is 8.33. The Hall–Kier alpha value is -2.42. The molecule has 0 saturated heterocycles. The van der Waals surface area contributed by atoms with Gasteiger partial charge in [0.1, 0.15) is 0 Å². The number of hydrogen-bond donors (Lipinski definition) is 1. The van der Waals surface area contributed by atoms with Crippen molar-refractivity contribution in [3.05, 3.63) is 35.0 Å². The van der Waals surface area contributed by atoms with Crippen LogP contribution in [0.4, 0.5) is 8.78 Å². The van der Waals surface area contributed by atoms with E-state index in [9.17, 15) is 13.6 Å². The van der Waals surface area contributed by atoms with Crippen molar-refractivity contribution in [2.45, 2.75) is 32.9 Å². The molecule has 0 amide bonds. The Morgan fingerprint density at radius 3 is 2.59 bits per heavy atom. The Morgan fingerprint density at radius 1 is 1.33 bits per heavy atom. The van der Waals surface area contributed by atoms with Gasteiger partial charge in [-0.1, -0.05) is 13.0 Å². The average molecular weight is 400 g/mol. The van der Waals surface area contributed by atoms with Crippen LogP contribution >= 0.6 is 12.2 Å². The molecule has 1 N–H and O–H groups in total. The minimum Gasteiger partial charge on any atom is -0.493 e. The molecule has 9 heteroatoms. The van der Waals surface area contributed by atoms with Crippen molar-refractivity contribution in [3.63, 3.8) is 0 Å². The Balaban J connectivity index is 2.55. The number of methoxy groups -OCH3 is 2. The lowest BCUT2D eigenvalue weighted by molar-refractivity contribution is -0.136. The van der Waals surface area contributed by atoms with Crippen LogP contribution in [0.3, 0.4) is 0 Å². The van der Waals surface area contributed by atoms with Crippen molar-refractivity contribution >= 4 is 23.3 Å². The number of carbonyl (C=O) groups excluding carboxylic acids is 1. The van der Waals surface area contributed by atoms with Gasteiger partial charge in [-0.3, -0.25) is 0 Å². The maximum absolute atomic E-state index is 12.7. The zero-order valence-corrected chi connectivity index (χ0v) is 16.4. The molecular formula is C18H22F2N2O4S. The van der Waals surface area contributed by atoms with E-state index in [1.165, 1.54) is 26.4 Å². The maximum atomic E-state index is 12.7. The lowest BCUT2D eigenvalue weighted by atomic mass is 9.94. The number of hydrogen-bond acceptors (Lipinski definition) is 5. The van der Waals surface area contributed by atoms with E-state index in [1.807, 2.05) is 11.8 Å². The number of benzene rings is 1. The molecule has 1 heterocycles. The van der Waals surface area contributed by atoms with Gasteiger partial charge in [0.15, 0.2) is 16.6 Å². The van der Waals surface area contributed by atoms with Crippen LogP contribution < -0.4 is 14.8 Å². The first-order chi connectivity index (χ1) is 12.8. The smallest absolute Gasteiger partial charge is 0.387 e. The summed E-state index contributed by atoms with van der Waals surface area (Å²) in [4.78, 5) is 14.3. The molecule has 1 unspecified atom stereocenters. The second-order valence-electron chi connectivity index (χ2n) is 5.81. The number of nitrogens with zero attached hydrogens (tertiary/aromatic N) is 1. The second kappa shape index (κ2) is 8.98. The summed E-state index contributed by atoms with van der Waals surface area (Å²) in [5, 5.41) is 3.54. The lowest BCUT2D eigenvalue weighted by Gasteiger charge is -2.37. The zero-order chi connectivity index (χ0) is 20.1. The largest absolute Gasteiger partial charge is 0.493 e. The van der Waals surface area contributed by atoms with E-state index >= 15 is 0 Å². The summed E-state index contributed by atoms with van der Waals surface area (Å²) in [5.41, 5.74) is 1.53. The summed E-state index contributed by atoms with van der Waals surface area (Å²) < 4.78 is 40.0. The summed E-state index contributed by atoms with van der Waals surface area (Å²) in [6.07, 6.45) is 0.827. The molecule has 1 aromatic rings. The topological polar surface area (TPSA) is 60.0 Å². The van der Waals surface area contributed by atoms with Crippen LogP contribution in [-0.2, 0) is 9.53 Å². The number of thiocarbonyl (C=S) groups is 1. The van der Waals surface area contributed by atoms with E-state index in [1.54, 1.807) is 13.0 Å². The number of esters is 1. The SMILES string of the molecule is CCCN1C(=S)NC(c2ccc(OC)c(OC(F)F)c2)C(C(=O)OC)=C1C. The van der Waals surface area contributed by atoms with Crippen LogP contribution in [0.25, 0.3) is 0 Å². The fourth-order valence-electron chi connectivity index (χ4n) is 2.96. The van der Waals surface area contributed by atoms with Crippen LogP contribution in [-0.4, -0.2) is 43.4 Å². The molecule has 0 radical (unpaired) electrons. The fraction of sp³-hybridized carbons (Fsp3) is 0.444. The third-order valence-corrected chi connectivity index (χ3v) is 4.52. The molecule has 6 nitrogen and oxygen atoms in total. The second-order valence-corrected chi connectivity index (χ2v) is 6.20. The standard InChI is InChI=1S/C18H22F2N2O4S/c1-5-8-22-10(2)14(16(23)25-4)15(21-18(22)27)11-6-7-12(24-3)13(9-11)26-17(19)20/h6-7,9,15,17H,5,8H2,1-4H3,(H,21,27). The molecule has 148 valence electrons. The first-order valence-corrected chi connectivity index (χ1v) is 8.74.